The molecule has 0 spiro atoms. The fourth-order valence-electron chi connectivity index (χ4n) is 4.36. The lowest BCUT2D eigenvalue weighted by Crippen LogP contribution is -2.32. The Labute approximate surface area is 209 Å². The maximum absolute atomic E-state index is 13.1. The van der Waals surface area contributed by atoms with Gasteiger partial charge < -0.3 is 23.5 Å². The maximum Gasteiger partial charge on any atom is 0.277 e. The van der Waals surface area contributed by atoms with Crippen LogP contribution in [0.4, 0.5) is 0 Å². The quantitative estimate of drug-likeness (QED) is 0.429. The summed E-state index contributed by atoms with van der Waals surface area (Å²) in [5.74, 6) is 2.99. The van der Waals surface area contributed by atoms with Gasteiger partial charge in [-0.1, -0.05) is 30.0 Å². The molecule has 0 saturated carbocycles. The Morgan fingerprint density at radius 2 is 1.94 bits per heavy atom. The van der Waals surface area contributed by atoms with E-state index in [0.717, 1.165) is 59.7 Å². The molecule has 3 aromatic rings. The number of likely N-dealkylation sites (tertiary alicyclic amines) is 1. The van der Waals surface area contributed by atoms with E-state index in [2.05, 4.69) is 10.2 Å². The zero-order chi connectivity index (χ0) is 24.2. The van der Waals surface area contributed by atoms with Gasteiger partial charge >= 0.3 is 0 Å². The van der Waals surface area contributed by atoms with E-state index in [9.17, 15) is 4.79 Å². The molecule has 1 saturated heterocycles. The molecule has 35 heavy (non-hydrogen) atoms. The molecule has 5 rings (SSSR count). The second kappa shape index (κ2) is 10.6. The van der Waals surface area contributed by atoms with Gasteiger partial charge in [0.05, 0.1) is 25.0 Å². The number of benzene rings is 2. The monoisotopic (exact) mass is 495 g/mol. The van der Waals surface area contributed by atoms with E-state index in [1.54, 1.807) is 0 Å². The van der Waals surface area contributed by atoms with Gasteiger partial charge in [0.25, 0.3) is 11.1 Å². The van der Waals surface area contributed by atoms with Crippen LogP contribution in [-0.2, 0) is 11.4 Å². The molecular weight excluding hydrogens is 466 g/mol. The Bertz CT molecular complexity index is 1200. The number of rotatable bonds is 7. The number of hydrogen-bond donors (Lipinski definition) is 0. The lowest BCUT2D eigenvalue weighted by molar-refractivity contribution is -0.129. The zero-order valence-electron chi connectivity index (χ0n) is 20.0. The highest BCUT2D eigenvalue weighted by Gasteiger charge is 2.31. The Morgan fingerprint density at radius 3 is 2.83 bits per heavy atom. The summed E-state index contributed by atoms with van der Waals surface area (Å²) in [6, 6.07) is 12.1. The number of fused-ring (bicyclic) bond motifs is 1. The van der Waals surface area contributed by atoms with E-state index in [1.807, 2.05) is 55.1 Å². The first-order valence-electron chi connectivity index (χ1n) is 11.9. The first-order chi connectivity index (χ1) is 17.1. The highest BCUT2D eigenvalue weighted by atomic mass is 32.2. The van der Waals surface area contributed by atoms with Crippen molar-refractivity contribution in [2.24, 2.45) is 0 Å². The third-order valence-corrected chi connectivity index (χ3v) is 6.99. The molecule has 1 atom stereocenters. The molecule has 2 aliphatic heterocycles. The minimum absolute atomic E-state index is 0.0319. The molecule has 184 valence electrons. The van der Waals surface area contributed by atoms with Gasteiger partial charge in [0.1, 0.15) is 5.75 Å². The topological polar surface area (TPSA) is 86.9 Å². The summed E-state index contributed by atoms with van der Waals surface area (Å²) in [5, 5.41) is 8.49. The number of carbonyl (C=O) groups is 1. The summed E-state index contributed by atoms with van der Waals surface area (Å²) in [5.41, 5.74) is 3.25. The van der Waals surface area contributed by atoms with Crippen molar-refractivity contribution in [1.82, 2.24) is 15.1 Å². The fourth-order valence-corrected chi connectivity index (χ4v) is 5.03. The van der Waals surface area contributed by atoms with E-state index >= 15 is 0 Å². The largest absolute Gasteiger partial charge is 0.490 e. The van der Waals surface area contributed by atoms with E-state index in [0.29, 0.717) is 24.3 Å². The minimum atomic E-state index is 0.0319. The molecule has 0 radical (unpaired) electrons. The van der Waals surface area contributed by atoms with Crippen molar-refractivity contribution in [3.05, 3.63) is 59.0 Å². The first-order valence-corrected chi connectivity index (χ1v) is 12.9. The Kier molecular flexibility index (Phi) is 7.13. The van der Waals surface area contributed by atoms with Crippen LogP contribution in [0, 0.1) is 13.8 Å². The summed E-state index contributed by atoms with van der Waals surface area (Å²) in [4.78, 5) is 15.0. The minimum Gasteiger partial charge on any atom is -0.490 e. The maximum atomic E-state index is 13.1. The highest BCUT2D eigenvalue weighted by molar-refractivity contribution is 7.99. The predicted octanol–water partition coefficient (Wildman–Crippen LogP) is 4.88. The van der Waals surface area contributed by atoms with E-state index in [-0.39, 0.29) is 24.3 Å². The number of amides is 1. The molecule has 2 aromatic carbocycles. The van der Waals surface area contributed by atoms with Crippen molar-refractivity contribution >= 4 is 17.7 Å². The summed E-state index contributed by atoms with van der Waals surface area (Å²) in [6.45, 7) is 6.23. The average Bonchev–Trinajstić information content (AvgIpc) is 3.47. The summed E-state index contributed by atoms with van der Waals surface area (Å²) in [6.07, 6.45) is 2.76. The lowest BCUT2D eigenvalue weighted by Gasteiger charge is -2.25. The third-order valence-electron chi connectivity index (χ3n) is 6.19. The molecular formula is C26H29N3O5S. The van der Waals surface area contributed by atoms with Gasteiger partial charge in [-0.3, -0.25) is 4.79 Å². The van der Waals surface area contributed by atoms with Gasteiger partial charge in [0.2, 0.25) is 5.91 Å². The van der Waals surface area contributed by atoms with Crippen molar-refractivity contribution in [1.29, 1.82) is 0 Å². The summed E-state index contributed by atoms with van der Waals surface area (Å²) < 4.78 is 23.1. The normalized spacial score (nSPS) is 17.3. The van der Waals surface area contributed by atoms with Gasteiger partial charge in [-0.15, -0.1) is 10.2 Å². The van der Waals surface area contributed by atoms with Crippen molar-refractivity contribution in [2.45, 2.75) is 51.0 Å². The van der Waals surface area contributed by atoms with Gasteiger partial charge in [-0.25, -0.2) is 0 Å². The molecule has 1 amide bonds. The van der Waals surface area contributed by atoms with Crippen LogP contribution in [-0.4, -0.2) is 46.5 Å². The molecule has 0 aliphatic carbocycles. The third kappa shape index (κ3) is 5.56. The molecule has 2 aliphatic rings. The van der Waals surface area contributed by atoms with Gasteiger partial charge in [0, 0.05) is 13.0 Å². The van der Waals surface area contributed by atoms with Crippen molar-refractivity contribution in [3.8, 4) is 17.2 Å². The van der Waals surface area contributed by atoms with Crippen LogP contribution in [0.15, 0.2) is 46.0 Å². The van der Waals surface area contributed by atoms with Crippen LogP contribution < -0.4 is 14.2 Å². The van der Waals surface area contributed by atoms with Crippen LogP contribution in [0.1, 0.15) is 47.9 Å². The predicted molar refractivity (Wildman–Crippen MR) is 131 cm³/mol. The number of aromatic nitrogens is 2. The van der Waals surface area contributed by atoms with Gasteiger partial charge in [-0.05, 0) is 61.6 Å². The van der Waals surface area contributed by atoms with E-state index in [4.69, 9.17) is 18.6 Å². The van der Waals surface area contributed by atoms with Crippen LogP contribution in [0.25, 0.3) is 0 Å². The zero-order valence-corrected chi connectivity index (χ0v) is 20.8. The summed E-state index contributed by atoms with van der Waals surface area (Å²) in [7, 11) is 0. The molecule has 1 aromatic heterocycles. The number of aryl methyl sites for hydroxylation is 2. The van der Waals surface area contributed by atoms with Gasteiger partial charge in [-0.2, -0.15) is 0 Å². The van der Waals surface area contributed by atoms with Crippen molar-refractivity contribution in [3.63, 3.8) is 0 Å². The Hall–Kier alpha value is -3.20. The second-order valence-corrected chi connectivity index (χ2v) is 9.74. The smallest absolute Gasteiger partial charge is 0.277 e. The lowest BCUT2D eigenvalue weighted by atomic mass is 10.0. The van der Waals surface area contributed by atoms with E-state index in [1.165, 1.54) is 11.8 Å². The van der Waals surface area contributed by atoms with Crippen LogP contribution in [0.2, 0.25) is 0 Å². The summed E-state index contributed by atoms with van der Waals surface area (Å²) >= 11 is 1.25. The van der Waals surface area contributed by atoms with Crippen molar-refractivity contribution in [2.75, 3.05) is 25.5 Å². The van der Waals surface area contributed by atoms with Crippen molar-refractivity contribution < 1.29 is 23.4 Å². The molecule has 1 fully saturated rings. The SMILES string of the molecule is Cc1ccc(C)c(OCc2nnc(SCC(=O)N3CCCC3c3ccc4c(c3)OCCCO4)o2)c1. The fraction of sp³-hybridized carbons (Fsp3) is 0.423. The molecule has 9 heteroatoms. The Balaban J connectivity index is 1.17. The first kappa shape index (κ1) is 23.5. The average molecular weight is 496 g/mol. The number of thioether (sulfide) groups is 1. The molecule has 8 nitrogen and oxygen atoms in total. The second-order valence-electron chi connectivity index (χ2n) is 8.81. The number of nitrogens with zero attached hydrogens (tertiary/aromatic N) is 3. The Morgan fingerprint density at radius 1 is 1.09 bits per heavy atom. The molecule has 0 bridgehead atoms. The van der Waals surface area contributed by atoms with Crippen LogP contribution in [0.5, 0.6) is 17.2 Å². The standard InChI is InChI=1S/C26H29N3O5S/c1-17-6-7-18(2)22(13-17)33-15-24-27-28-26(34-24)35-16-25(30)29-10-3-5-20(29)19-8-9-21-23(14-19)32-12-4-11-31-21/h6-9,13-14,20H,3-5,10-12,15-16H2,1-2H3. The van der Waals surface area contributed by atoms with Crippen LogP contribution >= 0.6 is 11.8 Å². The molecule has 3 heterocycles. The van der Waals surface area contributed by atoms with Gasteiger partial charge in [0.15, 0.2) is 18.1 Å². The highest BCUT2D eigenvalue weighted by Crippen LogP contribution is 2.38. The molecule has 1 unspecified atom stereocenters. The number of carbonyl (C=O) groups excluding carboxylic acids is 1. The van der Waals surface area contributed by atoms with Crippen LogP contribution in [0.3, 0.4) is 0 Å². The molecule has 0 N–H and O–H groups in total. The number of hydrogen-bond acceptors (Lipinski definition) is 8. The number of ether oxygens (including phenoxy) is 3. The van der Waals surface area contributed by atoms with E-state index < -0.39 is 0 Å².